The van der Waals surface area contributed by atoms with Crippen molar-refractivity contribution in [2.75, 3.05) is 7.11 Å². The zero-order chi connectivity index (χ0) is 11.6. The first kappa shape index (κ1) is 11.8. The Labute approximate surface area is 90.2 Å². The Morgan fingerprint density at radius 1 is 1.53 bits per heavy atom. The summed E-state index contributed by atoms with van der Waals surface area (Å²) in [7, 11) is 1.41. The van der Waals surface area contributed by atoms with Gasteiger partial charge in [0.1, 0.15) is 0 Å². The van der Waals surface area contributed by atoms with Crippen molar-refractivity contribution in [1.29, 1.82) is 0 Å². The average Bonchev–Trinajstić information content (AvgIpc) is 2.43. The van der Waals surface area contributed by atoms with Gasteiger partial charge in [0.2, 0.25) is 0 Å². The third-order valence-electron chi connectivity index (χ3n) is 2.39. The number of methoxy groups -OCH3 is 1. The highest BCUT2D eigenvalue weighted by Gasteiger charge is 2.30. The second-order valence-electron chi connectivity index (χ2n) is 4.46. The monoisotopic (exact) mass is 210 g/mol. The number of carbonyl (C=O) groups excluding carboxylic acids is 1. The summed E-state index contributed by atoms with van der Waals surface area (Å²) >= 11 is 0. The van der Waals surface area contributed by atoms with Crippen molar-refractivity contribution in [3.63, 3.8) is 0 Å². The minimum Gasteiger partial charge on any atom is -0.469 e. The Balaban J connectivity index is 2.85. The van der Waals surface area contributed by atoms with Crippen molar-refractivity contribution < 1.29 is 9.53 Å². The number of aromatic nitrogens is 2. The van der Waals surface area contributed by atoms with Crippen molar-refractivity contribution in [3.05, 3.63) is 17.5 Å². The normalized spacial score (nSPS) is 11.5. The molecular formula is C11H18N2O2. The third-order valence-corrected chi connectivity index (χ3v) is 2.39. The molecule has 1 aromatic rings. The third kappa shape index (κ3) is 2.58. The molecule has 0 bridgehead atoms. The first-order valence-electron chi connectivity index (χ1n) is 4.96. The molecule has 0 spiro atoms. The van der Waals surface area contributed by atoms with E-state index >= 15 is 0 Å². The van der Waals surface area contributed by atoms with Gasteiger partial charge in [-0.15, -0.1) is 0 Å². The van der Waals surface area contributed by atoms with Crippen molar-refractivity contribution >= 4 is 5.97 Å². The van der Waals surface area contributed by atoms with Crippen LogP contribution in [0.3, 0.4) is 0 Å². The van der Waals surface area contributed by atoms with E-state index < -0.39 is 5.41 Å². The van der Waals surface area contributed by atoms with Crippen molar-refractivity contribution in [3.8, 4) is 0 Å². The number of hydrogen-bond acceptors (Lipinski definition) is 3. The van der Waals surface area contributed by atoms with Gasteiger partial charge in [0.05, 0.1) is 24.8 Å². The van der Waals surface area contributed by atoms with Crippen LogP contribution < -0.4 is 0 Å². The number of hydrogen-bond donors (Lipinski definition) is 0. The molecule has 0 aromatic carbocycles. The molecule has 0 N–H and O–H groups in total. The topological polar surface area (TPSA) is 44.1 Å². The van der Waals surface area contributed by atoms with E-state index in [4.69, 9.17) is 4.74 Å². The van der Waals surface area contributed by atoms with E-state index in [1.54, 1.807) is 0 Å². The molecule has 4 nitrogen and oxygen atoms in total. The van der Waals surface area contributed by atoms with E-state index in [0.717, 1.165) is 11.4 Å². The Morgan fingerprint density at radius 3 is 2.53 bits per heavy atom. The summed E-state index contributed by atoms with van der Waals surface area (Å²) in [5.41, 5.74) is 1.48. The van der Waals surface area contributed by atoms with Crippen molar-refractivity contribution in [2.24, 2.45) is 5.41 Å². The highest BCUT2D eigenvalue weighted by Crippen LogP contribution is 2.20. The van der Waals surface area contributed by atoms with Gasteiger partial charge < -0.3 is 4.74 Å². The first-order chi connectivity index (χ1) is 6.86. The van der Waals surface area contributed by atoms with Gasteiger partial charge in [0.25, 0.3) is 0 Å². The smallest absolute Gasteiger partial charge is 0.313 e. The molecule has 4 heteroatoms. The predicted molar refractivity (Wildman–Crippen MR) is 57.5 cm³/mol. The zero-order valence-corrected chi connectivity index (χ0v) is 10.00. The lowest BCUT2D eigenvalue weighted by molar-refractivity contribution is -0.151. The molecule has 15 heavy (non-hydrogen) atoms. The summed E-state index contributed by atoms with van der Waals surface area (Å²) in [6.07, 6.45) is 0. The van der Waals surface area contributed by atoms with E-state index in [1.165, 1.54) is 7.11 Å². The maximum absolute atomic E-state index is 11.5. The van der Waals surface area contributed by atoms with Crippen LogP contribution in [0.15, 0.2) is 6.07 Å². The highest BCUT2D eigenvalue weighted by atomic mass is 16.5. The average molecular weight is 210 g/mol. The van der Waals surface area contributed by atoms with Gasteiger partial charge in [-0.1, -0.05) is 0 Å². The minimum atomic E-state index is -0.544. The maximum Gasteiger partial charge on any atom is 0.313 e. The number of aryl methyl sites for hydroxylation is 2. The molecule has 0 radical (unpaired) electrons. The molecule has 0 saturated carbocycles. The van der Waals surface area contributed by atoms with Crippen LogP contribution in [0.1, 0.15) is 25.2 Å². The zero-order valence-electron chi connectivity index (χ0n) is 10.00. The van der Waals surface area contributed by atoms with Gasteiger partial charge >= 0.3 is 5.97 Å². The van der Waals surface area contributed by atoms with Gasteiger partial charge in [0, 0.05) is 5.69 Å². The van der Waals surface area contributed by atoms with Crippen LogP contribution in [-0.2, 0) is 16.1 Å². The Bertz CT molecular complexity index is 367. The second-order valence-corrected chi connectivity index (χ2v) is 4.46. The highest BCUT2D eigenvalue weighted by molar-refractivity contribution is 5.75. The molecule has 1 heterocycles. The minimum absolute atomic E-state index is 0.213. The molecular weight excluding hydrogens is 192 g/mol. The van der Waals surface area contributed by atoms with Crippen LogP contribution >= 0.6 is 0 Å². The van der Waals surface area contributed by atoms with E-state index in [9.17, 15) is 4.79 Å². The van der Waals surface area contributed by atoms with Gasteiger partial charge in [0.15, 0.2) is 0 Å². The van der Waals surface area contributed by atoms with Crippen LogP contribution in [0.25, 0.3) is 0 Å². The molecule has 84 valence electrons. The molecule has 0 aliphatic carbocycles. The molecule has 0 aliphatic rings. The van der Waals surface area contributed by atoms with Gasteiger partial charge in [-0.2, -0.15) is 5.10 Å². The standard InChI is InChI=1S/C11H18N2O2/c1-8-6-9(2)13(12-8)7-11(3,4)10(14)15-5/h6H,7H2,1-5H3. The maximum atomic E-state index is 11.5. The second kappa shape index (κ2) is 4.04. The lowest BCUT2D eigenvalue weighted by Gasteiger charge is -2.21. The SMILES string of the molecule is COC(=O)C(C)(C)Cn1nc(C)cc1C. The summed E-state index contributed by atoms with van der Waals surface area (Å²) in [6.45, 7) is 8.17. The van der Waals surface area contributed by atoms with E-state index in [0.29, 0.717) is 6.54 Å². The Kier molecular flexibility index (Phi) is 3.17. The van der Waals surface area contributed by atoms with Crippen LogP contribution in [0.5, 0.6) is 0 Å². The van der Waals surface area contributed by atoms with E-state index in [1.807, 2.05) is 38.4 Å². The number of nitrogens with zero attached hydrogens (tertiary/aromatic N) is 2. The van der Waals surface area contributed by atoms with E-state index in [-0.39, 0.29) is 5.97 Å². The summed E-state index contributed by atoms with van der Waals surface area (Å²) in [4.78, 5) is 11.5. The quantitative estimate of drug-likeness (QED) is 0.713. The molecule has 0 saturated heterocycles. The number of esters is 1. The van der Waals surface area contributed by atoms with Crippen molar-refractivity contribution in [1.82, 2.24) is 9.78 Å². The van der Waals surface area contributed by atoms with Crippen LogP contribution in [0, 0.1) is 19.3 Å². The Morgan fingerprint density at radius 2 is 2.13 bits per heavy atom. The molecule has 0 atom stereocenters. The fraction of sp³-hybridized carbons (Fsp3) is 0.636. The lowest BCUT2D eigenvalue weighted by Crippen LogP contribution is -2.31. The number of ether oxygens (including phenoxy) is 1. The lowest BCUT2D eigenvalue weighted by atomic mass is 9.94. The van der Waals surface area contributed by atoms with Gasteiger partial charge in [-0.3, -0.25) is 9.48 Å². The number of rotatable bonds is 3. The largest absolute Gasteiger partial charge is 0.469 e. The first-order valence-corrected chi connectivity index (χ1v) is 4.96. The molecule has 0 amide bonds. The fourth-order valence-electron chi connectivity index (χ4n) is 1.55. The van der Waals surface area contributed by atoms with Crippen LogP contribution in [-0.4, -0.2) is 22.9 Å². The summed E-state index contributed by atoms with van der Waals surface area (Å²) in [5, 5.41) is 4.32. The fourth-order valence-corrected chi connectivity index (χ4v) is 1.55. The summed E-state index contributed by atoms with van der Waals surface area (Å²) < 4.78 is 6.59. The molecule has 1 aromatic heterocycles. The summed E-state index contributed by atoms with van der Waals surface area (Å²) in [6, 6.07) is 1.99. The van der Waals surface area contributed by atoms with Gasteiger partial charge in [-0.05, 0) is 33.8 Å². The molecule has 0 aliphatic heterocycles. The number of carbonyl (C=O) groups is 1. The predicted octanol–water partition coefficient (Wildman–Crippen LogP) is 1.70. The molecule has 0 unspecified atom stereocenters. The summed E-state index contributed by atoms with van der Waals surface area (Å²) in [5.74, 6) is -0.213. The Hall–Kier alpha value is -1.32. The van der Waals surface area contributed by atoms with E-state index in [2.05, 4.69) is 5.10 Å². The molecule has 1 rings (SSSR count). The van der Waals surface area contributed by atoms with Crippen LogP contribution in [0.2, 0.25) is 0 Å². The van der Waals surface area contributed by atoms with Crippen molar-refractivity contribution in [2.45, 2.75) is 34.2 Å². The van der Waals surface area contributed by atoms with Gasteiger partial charge in [-0.25, -0.2) is 0 Å². The van der Waals surface area contributed by atoms with Crippen LogP contribution in [0.4, 0.5) is 0 Å². The molecule has 0 fully saturated rings.